The molecule has 4 aromatic rings. The minimum absolute atomic E-state index is 0.136. The Morgan fingerprint density at radius 1 is 0.906 bits per heavy atom. The topological polar surface area (TPSA) is 104 Å². The van der Waals surface area contributed by atoms with E-state index in [0.717, 1.165) is 5.56 Å². The molecule has 32 heavy (non-hydrogen) atoms. The van der Waals surface area contributed by atoms with E-state index in [1.54, 1.807) is 50.2 Å². The van der Waals surface area contributed by atoms with Crippen molar-refractivity contribution in [3.05, 3.63) is 93.5 Å². The zero-order chi connectivity index (χ0) is 22.8. The molecule has 0 bridgehead atoms. The zero-order valence-electron chi connectivity index (χ0n) is 17.8. The minimum Gasteiger partial charge on any atom is -0.505 e. The second-order valence-corrected chi connectivity index (χ2v) is 7.42. The van der Waals surface area contributed by atoms with E-state index in [-0.39, 0.29) is 22.8 Å². The summed E-state index contributed by atoms with van der Waals surface area (Å²) in [4.78, 5) is 24.9. The third kappa shape index (κ3) is 4.00. The van der Waals surface area contributed by atoms with Crippen LogP contribution in [0.5, 0.6) is 5.75 Å². The van der Waals surface area contributed by atoms with Crippen LogP contribution in [0.2, 0.25) is 0 Å². The highest BCUT2D eigenvalue weighted by Gasteiger charge is 2.16. The summed E-state index contributed by atoms with van der Waals surface area (Å²) in [6, 6.07) is 16.9. The third-order valence-electron chi connectivity index (χ3n) is 5.16. The molecule has 0 radical (unpaired) electrons. The fraction of sp³-hybridized carbons (Fsp3) is 0.120. The maximum atomic E-state index is 12.5. The van der Waals surface area contributed by atoms with Gasteiger partial charge in [0.1, 0.15) is 17.2 Å². The van der Waals surface area contributed by atoms with Crippen molar-refractivity contribution in [3.8, 4) is 5.75 Å². The van der Waals surface area contributed by atoms with E-state index in [2.05, 4.69) is 15.5 Å². The van der Waals surface area contributed by atoms with Crippen molar-refractivity contribution in [2.75, 3.05) is 5.32 Å². The van der Waals surface area contributed by atoms with Crippen LogP contribution in [0.1, 0.15) is 27.4 Å². The largest absolute Gasteiger partial charge is 0.505 e. The number of nitrogens with zero attached hydrogens (tertiary/aromatic N) is 2. The fourth-order valence-corrected chi connectivity index (χ4v) is 3.49. The van der Waals surface area contributed by atoms with Gasteiger partial charge in [0.2, 0.25) is 0 Å². The van der Waals surface area contributed by atoms with Gasteiger partial charge in [-0.15, -0.1) is 5.11 Å². The lowest BCUT2D eigenvalue weighted by atomic mass is 10.1. The maximum Gasteiger partial charge on any atom is 0.255 e. The number of fused-ring (bicyclic) bond motifs is 1. The number of carbonyl (C=O) groups excluding carboxylic acids is 1. The van der Waals surface area contributed by atoms with Crippen molar-refractivity contribution >= 4 is 33.7 Å². The first kappa shape index (κ1) is 21.0. The number of hydrogen-bond acceptors (Lipinski definition) is 6. The molecule has 0 aliphatic heterocycles. The number of aryl methyl sites for hydroxylation is 3. The van der Waals surface area contributed by atoms with E-state index in [0.29, 0.717) is 39.2 Å². The van der Waals surface area contributed by atoms with Gasteiger partial charge in [-0.3, -0.25) is 9.59 Å². The summed E-state index contributed by atoms with van der Waals surface area (Å²) in [5.74, 6) is 0.465. The Balaban J connectivity index is 1.68. The molecule has 0 saturated heterocycles. The Kier molecular flexibility index (Phi) is 5.55. The molecule has 2 N–H and O–H groups in total. The van der Waals surface area contributed by atoms with E-state index in [9.17, 15) is 14.7 Å². The van der Waals surface area contributed by atoms with Crippen LogP contribution in [-0.2, 0) is 0 Å². The van der Waals surface area contributed by atoms with Gasteiger partial charge in [0.15, 0.2) is 11.2 Å². The summed E-state index contributed by atoms with van der Waals surface area (Å²) in [7, 11) is 0. The van der Waals surface area contributed by atoms with Crippen LogP contribution in [0.25, 0.3) is 10.8 Å². The molecule has 1 amide bonds. The van der Waals surface area contributed by atoms with Crippen LogP contribution >= 0.6 is 0 Å². The van der Waals surface area contributed by atoms with Gasteiger partial charge in [-0.2, -0.15) is 5.11 Å². The normalized spacial score (nSPS) is 11.2. The first-order chi connectivity index (χ1) is 15.3. The van der Waals surface area contributed by atoms with E-state index in [4.69, 9.17) is 4.42 Å². The molecular formula is C25H21N3O4. The summed E-state index contributed by atoms with van der Waals surface area (Å²) in [5, 5.41) is 22.6. The highest BCUT2D eigenvalue weighted by atomic mass is 16.3. The number of anilines is 1. The molecule has 1 heterocycles. The monoisotopic (exact) mass is 427 g/mol. The summed E-state index contributed by atoms with van der Waals surface area (Å²) in [5.41, 5.74) is 2.35. The molecule has 0 saturated carbocycles. The summed E-state index contributed by atoms with van der Waals surface area (Å²) in [6.45, 7) is 5.23. The van der Waals surface area contributed by atoms with Gasteiger partial charge in [-0.05, 0) is 62.7 Å². The molecule has 7 nitrogen and oxygen atoms in total. The lowest BCUT2D eigenvalue weighted by Crippen LogP contribution is -2.12. The standard InChI is InChI=1S/C25H21N3O4/c1-14-9-10-18(13-20(14)26-25(31)17-7-5-4-6-8-17)27-28-19-11-12-21(29)22-15(2)32-16(3)23(22)24(19)30/h4-13,30H,1-3H3,(H,26,31). The SMILES string of the molecule is Cc1ccc(N=Nc2ccc(=O)c3c(C)oc(C)c3c2O)cc1NC(=O)c1ccccc1. The number of rotatable bonds is 4. The number of amides is 1. The first-order valence-corrected chi connectivity index (χ1v) is 10.00. The second-order valence-electron chi connectivity index (χ2n) is 7.42. The Bertz CT molecular complexity index is 1420. The highest BCUT2D eigenvalue weighted by molar-refractivity contribution is 6.04. The zero-order valence-corrected chi connectivity index (χ0v) is 17.8. The van der Waals surface area contributed by atoms with Gasteiger partial charge in [0, 0.05) is 11.3 Å². The molecule has 160 valence electrons. The molecule has 0 fully saturated rings. The highest BCUT2D eigenvalue weighted by Crippen LogP contribution is 2.37. The number of furan rings is 1. The van der Waals surface area contributed by atoms with Crippen LogP contribution in [0.4, 0.5) is 17.1 Å². The van der Waals surface area contributed by atoms with Crippen molar-refractivity contribution in [1.82, 2.24) is 0 Å². The molecule has 7 heteroatoms. The first-order valence-electron chi connectivity index (χ1n) is 10.00. The summed E-state index contributed by atoms with van der Waals surface area (Å²) < 4.78 is 5.52. The number of azo groups is 1. The van der Waals surface area contributed by atoms with Crippen molar-refractivity contribution in [3.63, 3.8) is 0 Å². The predicted molar refractivity (Wildman–Crippen MR) is 123 cm³/mol. The van der Waals surface area contributed by atoms with E-state index in [1.807, 2.05) is 19.1 Å². The van der Waals surface area contributed by atoms with Gasteiger partial charge < -0.3 is 14.8 Å². The number of benzene rings is 2. The van der Waals surface area contributed by atoms with Crippen LogP contribution in [0, 0.1) is 20.8 Å². The van der Waals surface area contributed by atoms with Crippen molar-refractivity contribution in [2.24, 2.45) is 10.2 Å². The van der Waals surface area contributed by atoms with Crippen molar-refractivity contribution in [2.45, 2.75) is 20.8 Å². The average Bonchev–Trinajstić information content (AvgIpc) is 3.02. The van der Waals surface area contributed by atoms with Crippen LogP contribution in [0.15, 0.2) is 80.1 Å². The van der Waals surface area contributed by atoms with E-state index >= 15 is 0 Å². The molecule has 0 aliphatic carbocycles. The Labute approximate surface area is 184 Å². The molecule has 3 aromatic carbocycles. The van der Waals surface area contributed by atoms with Crippen LogP contribution in [-0.4, -0.2) is 11.0 Å². The Morgan fingerprint density at radius 2 is 1.62 bits per heavy atom. The molecular weight excluding hydrogens is 406 g/mol. The van der Waals surface area contributed by atoms with Crippen LogP contribution in [0.3, 0.4) is 0 Å². The number of hydrogen-bond donors (Lipinski definition) is 2. The fourth-order valence-electron chi connectivity index (χ4n) is 3.49. The second kappa shape index (κ2) is 8.47. The van der Waals surface area contributed by atoms with E-state index in [1.165, 1.54) is 12.1 Å². The smallest absolute Gasteiger partial charge is 0.255 e. The molecule has 0 aliphatic rings. The van der Waals surface area contributed by atoms with Gasteiger partial charge in [0.05, 0.1) is 16.5 Å². The molecule has 1 aromatic heterocycles. The van der Waals surface area contributed by atoms with Gasteiger partial charge in [0.25, 0.3) is 5.91 Å². The number of aromatic hydroxyl groups is 1. The van der Waals surface area contributed by atoms with Gasteiger partial charge in [-0.25, -0.2) is 0 Å². The van der Waals surface area contributed by atoms with E-state index < -0.39 is 0 Å². The van der Waals surface area contributed by atoms with Gasteiger partial charge in [-0.1, -0.05) is 24.3 Å². The predicted octanol–water partition coefficient (Wildman–Crippen LogP) is 6.09. The lowest BCUT2D eigenvalue weighted by molar-refractivity contribution is 0.102. The van der Waals surface area contributed by atoms with Gasteiger partial charge >= 0.3 is 0 Å². The number of nitrogens with one attached hydrogen (secondary N) is 1. The van der Waals surface area contributed by atoms with Crippen molar-refractivity contribution < 1.29 is 14.3 Å². The number of carbonyl (C=O) groups is 1. The molecule has 0 spiro atoms. The quantitative estimate of drug-likeness (QED) is 0.384. The molecule has 0 atom stereocenters. The summed E-state index contributed by atoms with van der Waals surface area (Å²) >= 11 is 0. The Hall–Kier alpha value is -4.26. The third-order valence-corrected chi connectivity index (χ3v) is 5.16. The molecule has 0 unspecified atom stereocenters. The van der Waals surface area contributed by atoms with Crippen LogP contribution < -0.4 is 10.7 Å². The summed E-state index contributed by atoms with van der Waals surface area (Å²) in [6.07, 6.45) is 0. The molecule has 4 rings (SSSR count). The Morgan fingerprint density at radius 3 is 2.38 bits per heavy atom. The van der Waals surface area contributed by atoms with Crippen molar-refractivity contribution in [1.29, 1.82) is 0 Å². The minimum atomic E-state index is -0.271. The lowest BCUT2D eigenvalue weighted by Gasteiger charge is -2.09. The maximum absolute atomic E-state index is 12.5. The average molecular weight is 427 g/mol.